The lowest BCUT2D eigenvalue weighted by molar-refractivity contribution is 0.0713. The van der Waals surface area contributed by atoms with Crippen LogP contribution in [0.4, 0.5) is 0 Å². The predicted molar refractivity (Wildman–Crippen MR) is 73.3 cm³/mol. The molecule has 0 aromatic rings. The molecule has 0 aliphatic carbocycles. The first kappa shape index (κ1) is 13.8. The van der Waals surface area contributed by atoms with E-state index in [0.29, 0.717) is 0 Å². The molecule has 1 N–H and O–H groups in total. The standard InChI is InChI=1S/C14H26N4/c1-14(2,12-15)4-3-5-17-6-8-18(9-7-17)13-10-16-11-13/h13,16H,3-11H2,1-2H3. The Balaban J connectivity index is 1.60. The van der Waals surface area contributed by atoms with E-state index in [9.17, 15) is 0 Å². The van der Waals surface area contributed by atoms with Crippen molar-refractivity contribution in [2.45, 2.75) is 32.7 Å². The van der Waals surface area contributed by atoms with E-state index in [1.807, 2.05) is 13.8 Å². The zero-order chi connectivity index (χ0) is 13.0. The van der Waals surface area contributed by atoms with E-state index >= 15 is 0 Å². The minimum Gasteiger partial charge on any atom is -0.314 e. The van der Waals surface area contributed by atoms with Crippen molar-refractivity contribution in [2.24, 2.45) is 5.41 Å². The summed E-state index contributed by atoms with van der Waals surface area (Å²) in [6.45, 7) is 12.4. The van der Waals surface area contributed by atoms with Crippen molar-refractivity contribution in [1.29, 1.82) is 5.26 Å². The van der Waals surface area contributed by atoms with Crippen LogP contribution >= 0.6 is 0 Å². The number of nitrogens with one attached hydrogen (secondary N) is 1. The van der Waals surface area contributed by atoms with Gasteiger partial charge in [0.25, 0.3) is 0 Å². The molecule has 0 bridgehead atoms. The van der Waals surface area contributed by atoms with E-state index < -0.39 is 0 Å². The number of rotatable bonds is 5. The van der Waals surface area contributed by atoms with Gasteiger partial charge in [-0.05, 0) is 33.2 Å². The number of nitrogens with zero attached hydrogens (tertiary/aromatic N) is 3. The highest BCUT2D eigenvalue weighted by atomic mass is 15.3. The Bertz CT molecular complexity index is 295. The summed E-state index contributed by atoms with van der Waals surface area (Å²) in [6.07, 6.45) is 2.15. The van der Waals surface area contributed by atoms with Gasteiger partial charge in [0, 0.05) is 45.3 Å². The molecular formula is C14H26N4. The van der Waals surface area contributed by atoms with Crippen LogP contribution in [0.3, 0.4) is 0 Å². The van der Waals surface area contributed by atoms with Crippen LogP contribution in [0.5, 0.6) is 0 Å². The lowest BCUT2D eigenvalue weighted by Crippen LogP contribution is -2.61. The summed E-state index contributed by atoms with van der Waals surface area (Å²) >= 11 is 0. The quantitative estimate of drug-likeness (QED) is 0.787. The fourth-order valence-corrected chi connectivity index (χ4v) is 2.68. The van der Waals surface area contributed by atoms with Crippen LogP contribution in [0.1, 0.15) is 26.7 Å². The molecule has 0 saturated carbocycles. The second kappa shape index (κ2) is 6.01. The van der Waals surface area contributed by atoms with Gasteiger partial charge in [-0.3, -0.25) is 4.90 Å². The molecule has 0 aromatic heterocycles. The second-order valence-corrected chi connectivity index (χ2v) is 6.29. The monoisotopic (exact) mass is 250 g/mol. The lowest BCUT2D eigenvalue weighted by atomic mass is 9.90. The molecule has 0 spiro atoms. The van der Waals surface area contributed by atoms with E-state index in [-0.39, 0.29) is 5.41 Å². The molecular weight excluding hydrogens is 224 g/mol. The fraction of sp³-hybridized carbons (Fsp3) is 0.929. The molecule has 2 rings (SSSR count). The van der Waals surface area contributed by atoms with Crippen molar-refractivity contribution in [3.05, 3.63) is 0 Å². The Kier molecular flexibility index (Phi) is 4.60. The maximum absolute atomic E-state index is 8.98. The van der Waals surface area contributed by atoms with Gasteiger partial charge in [0.2, 0.25) is 0 Å². The molecule has 18 heavy (non-hydrogen) atoms. The third-order valence-corrected chi connectivity index (χ3v) is 4.26. The minimum absolute atomic E-state index is 0.153. The fourth-order valence-electron chi connectivity index (χ4n) is 2.68. The van der Waals surface area contributed by atoms with Gasteiger partial charge in [0.15, 0.2) is 0 Å². The first-order chi connectivity index (χ1) is 8.61. The number of nitriles is 1. The number of hydrogen-bond donors (Lipinski definition) is 1. The van der Waals surface area contributed by atoms with Gasteiger partial charge in [0.05, 0.1) is 11.5 Å². The summed E-state index contributed by atoms with van der Waals surface area (Å²) in [5, 5.41) is 12.3. The van der Waals surface area contributed by atoms with Crippen LogP contribution < -0.4 is 5.32 Å². The van der Waals surface area contributed by atoms with Gasteiger partial charge in [-0.15, -0.1) is 0 Å². The third-order valence-electron chi connectivity index (χ3n) is 4.26. The Labute approximate surface area is 111 Å². The summed E-state index contributed by atoms with van der Waals surface area (Å²) in [5.41, 5.74) is -0.153. The van der Waals surface area contributed by atoms with Gasteiger partial charge in [-0.1, -0.05) is 0 Å². The molecule has 2 saturated heterocycles. The van der Waals surface area contributed by atoms with Crippen molar-refractivity contribution in [2.75, 3.05) is 45.8 Å². The van der Waals surface area contributed by atoms with Gasteiger partial charge in [-0.2, -0.15) is 5.26 Å². The lowest BCUT2D eigenvalue weighted by Gasteiger charge is -2.43. The molecule has 102 valence electrons. The first-order valence-electron chi connectivity index (χ1n) is 7.19. The molecule has 0 radical (unpaired) electrons. The number of hydrogen-bond acceptors (Lipinski definition) is 4. The van der Waals surface area contributed by atoms with Crippen LogP contribution in [0.15, 0.2) is 0 Å². The molecule has 0 aromatic carbocycles. The maximum atomic E-state index is 8.98. The van der Waals surface area contributed by atoms with Crippen molar-refractivity contribution in [3.63, 3.8) is 0 Å². The van der Waals surface area contributed by atoms with Crippen LogP contribution in [-0.4, -0.2) is 61.7 Å². The highest BCUT2D eigenvalue weighted by Gasteiger charge is 2.27. The Morgan fingerprint density at radius 3 is 2.39 bits per heavy atom. The average molecular weight is 250 g/mol. The smallest absolute Gasteiger partial charge is 0.0683 e. The molecule has 0 unspecified atom stereocenters. The summed E-state index contributed by atoms with van der Waals surface area (Å²) in [7, 11) is 0. The van der Waals surface area contributed by atoms with Crippen molar-refractivity contribution >= 4 is 0 Å². The van der Waals surface area contributed by atoms with E-state index in [1.54, 1.807) is 0 Å². The largest absolute Gasteiger partial charge is 0.314 e. The minimum atomic E-state index is -0.153. The van der Waals surface area contributed by atoms with Crippen LogP contribution in [0.2, 0.25) is 0 Å². The summed E-state index contributed by atoms with van der Waals surface area (Å²) in [6, 6.07) is 3.18. The van der Waals surface area contributed by atoms with Crippen LogP contribution in [0.25, 0.3) is 0 Å². The van der Waals surface area contributed by atoms with Gasteiger partial charge in [0.1, 0.15) is 0 Å². The zero-order valence-electron chi connectivity index (χ0n) is 11.8. The van der Waals surface area contributed by atoms with E-state index in [0.717, 1.165) is 25.4 Å². The molecule has 2 fully saturated rings. The highest BCUT2D eigenvalue weighted by Crippen LogP contribution is 2.21. The average Bonchev–Trinajstić information content (AvgIpc) is 2.29. The Morgan fingerprint density at radius 2 is 1.89 bits per heavy atom. The Morgan fingerprint density at radius 1 is 1.22 bits per heavy atom. The van der Waals surface area contributed by atoms with Crippen LogP contribution in [-0.2, 0) is 0 Å². The van der Waals surface area contributed by atoms with E-state index in [2.05, 4.69) is 21.2 Å². The van der Waals surface area contributed by atoms with Crippen molar-refractivity contribution < 1.29 is 0 Å². The molecule has 2 heterocycles. The Hall–Kier alpha value is -0.630. The van der Waals surface area contributed by atoms with Crippen molar-refractivity contribution in [1.82, 2.24) is 15.1 Å². The predicted octanol–water partition coefficient (Wildman–Crippen LogP) is 0.906. The summed E-state index contributed by atoms with van der Waals surface area (Å²) in [4.78, 5) is 5.17. The van der Waals surface area contributed by atoms with Gasteiger partial charge < -0.3 is 10.2 Å². The highest BCUT2D eigenvalue weighted by molar-refractivity contribution is 4.92. The molecule has 0 atom stereocenters. The maximum Gasteiger partial charge on any atom is 0.0683 e. The normalized spacial score (nSPS) is 23.6. The molecule has 0 amide bonds. The van der Waals surface area contributed by atoms with E-state index in [1.165, 1.54) is 39.3 Å². The zero-order valence-corrected chi connectivity index (χ0v) is 11.8. The third kappa shape index (κ3) is 3.68. The molecule has 4 nitrogen and oxygen atoms in total. The SMILES string of the molecule is CC(C)(C#N)CCCN1CCN(C2CNC2)CC1. The van der Waals surface area contributed by atoms with E-state index in [4.69, 9.17) is 5.26 Å². The van der Waals surface area contributed by atoms with Crippen LogP contribution in [0, 0.1) is 16.7 Å². The second-order valence-electron chi connectivity index (χ2n) is 6.29. The molecule has 2 aliphatic heterocycles. The van der Waals surface area contributed by atoms with Gasteiger partial charge in [-0.25, -0.2) is 0 Å². The summed E-state index contributed by atoms with van der Waals surface area (Å²) in [5.74, 6) is 0. The first-order valence-corrected chi connectivity index (χ1v) is 7.19. The molecule has 2 aliphatic rings. The number of piperazine rings is 1. The van der Waals surface area contributed by atoms with Crippen molar-refractivity contribution in [3.8, 4) is 6.07 Å². The summed E-state index contributed by atoms with van der Waals surface area (Å²) < 4.78 is 0. The van der Waals surface area contributed by atoms with Gasteiger partial charge >= 0.3 is 0 Å². The molecule has 4 heteroatoms. The topological polar surface area (TPSA) is 42.3 Å².